The molecule has 0 aliphatic carbocycles. The maximum atomic E-state index is 9.56. The van der Waals surface area contributed by atoms with Gasteiger partial charge in [-0.3, -0.25) is 4.98 Å². The van der Waals surface area contributed by atoms with Crippen LogP contribution in [0.25, 0.3) is 16.9 Å². The summed E-state index contributed by atoms with van der Waals surface area (Å²) in [6, 6.07) is 9.55. The van der Waals surface area contributed by atoms with Crippen molar-refractivity contribution in [3.8, 4) is 22.7 Å². The molecule has 1 aromatic carbocycles. The fraction of sp³-hybridized carbons (Fsp3) is 0.188. The Morgan fingerprint density at radius 1 is 1.18 bits per heavy atom. The Morgan fingerprint density at radius 3 is 2.64 bits per heavy atom. The fourth-order valence-electron chi connectivity index (χ4n) is 2.35. The number of ether oxygens (including phenoxy) is 1. The van der Waals surface area contributed by atoms with Gasteiger partial charge in [0.1, 0.15) is 22.8 Å². The molecular weight excluding hydrogens is 280 g/mol. The minimum atomic E-state index is -0.189. The summed E-state index contributed by atoms with van der Waals surface area (Å²) in [6.45, 7) is 1.81. The smallest absolute Gasteiger partial charge is 0.144 e. The lowest BCUT2D eigenvalue weighted by molar-refractivity contribution is 0.277. The Balaban J connectivity index is 2.25. The van der Waals surface area contributed by atoms with E-state index in [1.165, 1.54) is 0 Å². The Hall–Kier alpha value is -2.73. The zero-order valence-corrected chi connectivity index (χ0v) is 12.4. The van der Waals surface area contributed by atoms with Gasteiger partial charge in [-0.05, 0) is 36.8 Å². The van der Waals surface area contributed by atoms with E-state index in [4.69, 9.17) is 4.74 Å². The number of aliphatic hydroxyl groups excluding tert-OH is 1. The van der Waals surface area contributed by atoms with Crippen LogP contribution in [-0.2, 0) is 6.61 Å². The van der Waals surface area contributed by atoms with E-state index in [9.17, 15) is 5.11 Å². The monoisotopic (exact) mass is 296 g/mol. The van der Waals surface area contributed by atoms with Crippen molar-refractivity contribution in [1.29, 1.82) is 0 Å². The van der Waals surface area contributed by atoms with Crippen LogP contribution >= 0.6 is 0 Å². The average molecular weight is 296 g/mol. The van der Waals surface area contributed by atoms with Gasteiger partial charge in [0.05, 0.1) is 13.7 Å². The third kappa shape index (κ3) is 2.44. The highest BCUT2D eigenvalue weighted by Crippen LogP contribution is 2.30. The highest BCUT2D eigenvalue weighted by Gasteiger charge is 2.18. The third-order valence-electron chi connectivity index (χ3n) is 3.41. The first-order valence-corrected chi connectivity index (χ1v) is 6.85. The number of hydrogen-bond acceptors (Lipinski definition) is 5. The number of aromatic nitrogens is 4. The molecule has 0 amide bonds. The van der Waals surface area contributed by atoms with Crippen molar-refractivity contribution in [1.82, 2.24) is 20.0 Å². The largest absolute Gasteiger partial charge is 0.494 e. The minimum Gasteiger partial charge on any atom is -0.494 e. The van der Waals surface area contributed by atoms with Crippen molar-refractivity contribution in [2.24, 2.45) is 0 Å². The highest BCUT2D eigenvalue weighted by molar-refractivity contribution is 5.65. The molecule has 1 N–H and O–H groups in total. The average Bonchev–Trinajstić information content (AvgIpc) is 2.99. The predicted octanol–water partition coefficient (Wildman–Crippen LogP) is 2.14. The van der Waals surface area contributed by atoms with Crippen LogP contribution in [0.5, 0.6) is 5.75 Å². The van der Waals surface area contributed by atoms with Crippen molar-refractivity contribution in [3.05, 3.63) is 54.0 Å². The van der Waals surface area contributed by atoms with Gasteiger partial charge in [-0.2, -0.15) is 0 Å². The zero-order valence-electron chi connectivity index (χ0n) is 12.4. The Labute approximate surface area is 128 Å². The fourth-order valence-corrected chi connectivity index (χ4v) is 2.35. The number of pyridine rings is 1. The first-order valence-electron chi connectivity index (χ1n) is 6.85. The second-order valence-electron chi connectivity index (χ2n) is 4.87. The van der Waals surface area contributed by atoms with E-state index >= 15 is 0 Å². The Kier molecular flexibility index (Phi) is 3.84. The molecule has 6 nitrogen and oxygen atoms in total. The lowest BCUT2D eigenvalue weighted by atomic mass is 10.1. The van der Waals surface area contributed by atoms with E-state index in [0.717, 1.165) is 22.5 Å². The summed E-state index contributed by atoms with van der Waals surface area (Å²) in [4.78, 5) is 4.02. The summed E-state index contributed by atoms with van der Waals surface area (Å²) < 4.78 is 7.11. The predicted molar refractivity (Wildman–Crippen MR) is 81.8 cm³/mol. The van der Waals surface area contributed by atoms with Crippen LogP contribution in [0.3, 0.4) is 0 Å². The molecule has 0 aliphatic heterocycles. The number of hydrogen-bond donors (Lipinski definition) is 1. The maximum Gasteiger partial charge on any atom is 0.144 e. The molecule has 0 atom stereocenters. The van der Waals surface area contributed by atoms with Crippen LogP contribution in [0.15, 0.2) is 42.7 Å². The standard InChI is InChI=1S/C16H16N4O2/c1-11-3-4-15(22-2)14(9-11)20-16(13(10-21)18-19-20)12-5-7-17-8-6-12/h3-9,21H,10H2,1-2H3. The van der Waals surface area contributed by atoms with Gasteiger partial charge in [0.25, 0.3) is 0 Å². The molecule has 6 heteroatoms. The molecule has 2 heterocycles. The SMILES string of the molecule is COc1ccc(C)cc1-n1nnc(CO)c1-c1ccncc1. The normalized spacial score (nSPS) is 10.7. The van der Waals surface area contributed by atoms with Crippen LogP contribution < -0.4 is 4.74 Å². The summed E-state index contributed by atoms with van der Waals surface area (Å²) in [7, 11) is 1.62. The number of benzene rings is 1. The van der Waals surface area contributed by atoms with Gasteiger partial charge in [0.2, 0.25) is 0 Å². The molecule has 2 aromatic heterocycles. The molecule has 0 radical (unpaired) electrons. The first-order chi connectivity index (χ1) is 10.7. The van der Waals surface area contributed by atoms with E-state index in [0.29, 0.717) is 11.4 Å². The van der Waals surface area contributed by atoms with Crippen LogP contribution in [0, 0.1) is 6.92 Å². The maximum absolute atomic E-state index is 9.56. The quantitative estimate of drug-likeness (QED) is 0.798. The van der Waals surface area contributed by atoms with Crippen LogP contribution in [0.2, 0.25) is 0 Å². The van der Waals surface area contributed by atoms with Crippen molar-refractivity contribution >= 4 is 0 Å². The van der Waals surface area contributed by atoms with Crippen LogP contribution in [0.4, 0.5) is 0 Å². The second-order valence-corrected chi connectivity index (χ2v) is 4.87. The molecular formula is C16H16N4O2. The lowest BCUT2D eigenvalue weighted by Crippen LogP contribution is -2.03. The molecule has 3 rings (SSSR count). The molecule has 112 valence electrons. The van der Waals surface area contributed by atoms with Crippen molar-refractivity contribution in [3.63, 3.8) is 0 Å². The number of rotatable bonds is 4. The summed E-state index contributed by atoms with van der Waals surface area (Å²) in [5, 5.41) is 17.8. The zero-order chi connectivity index (χ0) is 15.5. The van der Waals surface area contributed by atoms with E-state index < -0.39 is 0 Å². The highest BCUT2D eigenvalue weighted by atomic mass is 16.5. The van der Waals surface area contributed by atoms with Crippen molar-refractivity contribution < 1.29 is 9.84 Å². The molecule has 3 aromatic rings. The Morgan fingerprint density at radius 2 is 1.95 bits per heavy atom. The summed E-state index contributed by atoms with van der Waals surface area (Å²) >= 11 is 0. The van der Waals surface area contributed by atoms with E-state index in [1.807, 2.05) is 37.3 Å². The summed E-state index contributed by atoms with van der Waals surface area (Å²) in [5.41, 5.74) is 3.98. The molecule has 22 heavy (non-hydrogen) atoms. The molecule has 0 saturated heterocycles. The number of aliphatic hydroxyl groups is 1. The summed E-state index contributed by atoms with van der Waals surface area (Å²) in [6.07, 6.45) is 3.39. The third-order valence-corrected chi connectivity index (χ3v) is 3.41. The molecule has 0 fully saturated rings. The van der Waals surface area contributed by atoms with E-state index in [-0.39, 0.29) is 6.61 Å². The van der Waals surface area contributed by atoms with Gasteiger partial charge < -0.3 is 9.84 Å². The van der Waals surface area contributed by atoms with Crippen molar-refractivity contribution in [2.45, 2.75) is 13.5 Å². The van der Waals surface area contributed by atoms with Gasteiger partial charge in [0.15, 0.2) is 0 Å². The molecule has 0 saturated carbocycles. The molecule has 0 aliphatic rings. The number of aryl methyl sites for hydroxylation is 1. The van der Waals surface area contributed by atoms with Gasteiger partial charge in [0, 0.05) is 18.0 Å². The van der Waals surface area contributed by atoms with Gasteiger partial charge in [-0.15, -0.1) is 5.10 Å². The van der Waals surface area contributed by atoms with Gasteiger partial charge in [-0.25, -0.2) is 4.68 Å². The second kappa shape index (κ2) is 5.95. The van der Waals surface area contributed by atoms with Gasteiger partial charge in [-0.1, -0.05) is 11.3 Å². The van der Waals surface area contributed by atoms with Crippen molar-refractivity contribution in [2.75, 3.05) is 7.11 Å². The number of methoxy groups -OCH3 is 1. The van der Waals surface area contributed by atoms with Crippen LogP contribution in [-0.4, -0.2) is 32.2 Å². The molecule has 0 bridgehead atoms. The number of nitrogens with zero attached hydrogens (tertiary/aromatic N) is 4. The van der Waals surface area contributed by atoms with E-state index in [1.54, 1.807) is 24.2 Å². The summed E-state index contributed by atoms with van der Waals surface area (Å²) in [5.74, 6) is 0.690. The van der Waals surface area contributed by atoms with Crippen LogP contribution in [0.1, 0.15) is 11.3 Å². The topological polar surface area (TPSA) is 73.1 Å². The molecule has 0 spiro atoms. The van der Waals surface area contributed by atoms with E-state index in [2.05, 4.69) is 15.3 Å². The lowest BCUT2D eigenvalue weighted by Gasteiger charge is -2.12. The molecule has 0 unspecified atom stereocenters. The minimum absolute atomic E-state index is 0.189. The van der Waals surface area contributed by atoms with Gasteiger partial charge >= 0.3 is 0 Å². The first kappa shape index (κ1) is 14.2. The Bertz CT molecular complexity index is 784.